The normalized spacial score (nSPS) is 13.9. The minimum absolute atomic E-state index is 0.0231. The van der Waals surface area contributed by atoms with E-state index in [1.165, 1.54) is 205 Å². The van der Waals surface area contributed by atoms with Gasteiger partial charge in [0.05, 0.1) is 33.8 Å². The van der Waals surface area contributed by atoms with Crippen LogP contribution in [-0.2, 0) is 27.9 Å². The molecule has 0 saturated heterocycles. The summed E-state index contributed by atoms with van der Waals surface area (Å²) in [6, 6.07) is -0.891. The number of likely N-dealkylation sites (N-methyl/N-ethyl adjacent to an activating group) is 1. The quantitative estimate of drug-likeness (QED) is 0.0161. The fraction of sp³-hybridized carbons (Fsp3) is 0.851. The van der Waals surface area contributed by atoms with Gasteiger partial charge in [-0.1, -0.05) is 301 Å². The number of quaternary nitrogens is 1. The van der Waals surface area contributed by atoms with Crippen LogP contribution in [0.5, 0.6) is 0 Å². The summed E-state index contributed by atoms with van der Waals surface area (Å²) in [6.07, 6.45) is 70.8. The average Bonchev–Trinajstić information content (AvgIpc) is 3.39. The Labute approximate surface area is 478 Å². The van der Waals surface area contributed by atoms with Gasteiger partial charge in [-0.2, -0.15) is 0 Å². The number of hydrogen-bond donors (Lipinski definition) is 1. The van der Waals surface area contributed by atoms with E-state index in [1.807, 2.05) is 33.3 Å². The Morgan fingerprint density at radius 2 is 0.831 bits per heavy atom. The minimum Gasteiger partial charge on any atom is -0.756 e. The number of ether oxygens (including phenoxy) is 1. The number of nitrogens with one attached hydrogen (secondary N) is 1. The summed E-state index contributed by atoms with van der Waals surface area (Å²) >= 11 is 0. The van der Waals surface area contributed by atoms with Crippen molar-refractivity contribution in [3.8, 4) is 0 Å². The fourth-order valence-electron chi connectivity index (χ4n) is 9.76. The van der Waals surface area contributed by atoms with Crippen molar-refractivity contribution < 1.29 is 37.3 Å². The molecule has 0 saturated carbocycles. The van der Waals surface area contributed by atoms with Gasteiger partial charge in [-0.25, -0.2) is 0 Å². The molecule has 0 radical (unpaired) electrons. The molecule has 9 nitrogen and oxygen atoms in total. The second-order valence-corrected chi connectivity index (χ2v) is 25.1. The number of rotatable bonds is 60. The maximum absolute atomic E-state index is 13.6. The first kappa shape index (κ1) is 75.0. The Bertz CT molecular complexity index is 1460. The first-order valence-corrected chi connectivity index (χ1v) is 34.4. The molecule has 0 aliphatic rings. The molecule has 3 atom stereocenters. The first-order valence-electron chi connectivity index (χ1n) is 33.0. The van der Waals surface area contributed by atoms with Gasteiger partial charge in [-0.3, -0.25) is 14.2 Å². The van der Waals surface area contributed by atoms with Crippen molar-refractivity contribution in [3.05, 3.63) is 48.6 Å². The van der Waals surface area contributed by atoms with Crippen LogP contribution in [0.4, 0.5) is 0 Å². The van der Waals surface area contributed by atoms with Crippen LogP contribution < -0.4 is 10.2 Å². The van der Waals surface area contributed by atoms with Gasteiger partial charge in [0.2, 0.25) is 5.91 Å². The van der Waals surface area contributed by atoms with E-state index in [0.717, 1.165) is 77.0 Å². The van der Waals surface area contributed by atoms with E-state index in [-0.39, 0.29) is 31.5 Å². The fourth-order valence-corrected chi connectivity index (χ4v) is 10.5. The van der Waals surface area contributed by atoms with Crippen LogP contribution in [0.15, 0.2) is 48.6 Å². The molecule has 77 heavy (non-hydrogen) atoms. The van der Waals surface area contributed by atoms with Crippen molar-refractivity contribution in [2.75, 3.05) is 40.9 Å². The molecule has 0 rings (SSSR count). The number of phosphoric acid groups is 1. The van der Waals surface area contributed by atoms with Crippen molar-refractivity contribution in [2.24, 2.45) is 0 Å². The molecule has 0 spiro atoms. The molecule has 0 aromatic heterocycles. The maximum Gasteiger partial charge on any atom is 0.306 e. The van der Waals surface area contributed by atoms with Gasteiger partial charge in [-0.15, -0.1) is 0 Å². The third-order valence-corrected chi connectivity index (χ3v) is 15.8. The van der Waals surface area contributed by atoms with Gasteiger partial charge in [0.15, 0.2) is 0 Å². The molecule has 0 aliphatic carbocycles. The van der Waals surface area contributed by atoms with Crippen LogP contribution in [0.2, 0.25) is 0 Å². The zero-order valence-electron chi connectivity index (χ0n) is 51.7. The van der Waals surface area contributed by atoms with Crippen molar-refractivity contribution >= 4 is 19.7 Å². The first-order chi connectivity index (χ1) is 37.4. The number of allylic oxidation sites excluding steroid dienone is 7. The Kier molecular flexibility index (Phi) is 55.7. The van der Waals surface area contributed by atoms with Crippen LogP contribution in [0.3, 0.4) is 0 Å². The molecule has 0 aromatic rings. The number of hydrogen-bond acceptors (Lipinski definition) is 7. The predicted octanol–water partition coefficient (Wildman–Crippen LogP) is 19.8. The van der Waals surface area contributed by atoms with Crippen LogP contribution in [0, 0.1) is 0 Å². The van der Waals surface area contributed by atoms with Crippen LogP contribution in [0.1, 0.15) is 316 Å². The Morgan fingerprint density at radius 3 is 1.23 bits per heavy atom. The van der Waals surface area contributed by atoms with Crippen LogP contribution in [-0.4, -0.2) is 69.4 Å². The zero-order valence-corrected chi connectivity index (χ0v) is 52.6. The zero-order chi connectivity index (χ0) is 56.4. The number of carbonyl (C=O) groups is 2. The van der Waals surface area contributed by atoms with Crippen molar-refractivity contribution in [3.63, 3.8) is 0 Å². The lowest BCUT2D eigenvalue weighted by Crippen LogP contribution is -2.47. The highest BCUT2D eigenvalue weighted by Crippen LogP contribution is 2.38. The predicted molar refractivity (Wildman–Crippen MR) is 330 cm³/mol. The van der Waals surface area contributed by atoms with Crippen molar-refractivity contribution in [1.82, 2.24) is 5.32 Å². The number of nitrogens with zero attached hydrogens (tertiary/aromatic N) is 1. The monoisotopic (exact) mass is 1100 g/mol. The van der Waals surface area contributed by atoms with E-state index in [2.05, 4.69) is 62.5 Å². The van der Waals surface area contributed by atoms with E-state index in [4.69, 9.17) is 13.8 Å². The maximum atomic E-state index is 13.6. The number of unbranched alkanes of at least 4 members (excludes halogenated alkanes) is 40. The standard InChI is InChI=1S/C67H127N2O7P/c1-7-10-13-16-19-22-25-28-30-31-32-33-34-35-36-37-39-41-44-47-50-53-56-59-66(70)68-64(63-75-77(72,73)74-62-61-69(4,5)6)65(58-55-52-49-46-43-40-27-24-21-18-15-12-9-3)76-67(71)60-57-54-51-48-45-42-38-29-26-23-20-17-14-11-8-2/h11,14,17,20,23,26,55,58,64-65H,7-10,12-13,15-16,18-19,21-22,24-25,27-54,56-57,59-63H2,1-6H3,(H-,68,70,72,73)/b14-11+,20-17+,26-23+,58-55-. The molecule has 0 aromatic carbocycles. The highest BCUT2D eigenvalue weighted by molar-refractivity contribution is 7.45. The van der Waals surface area contributed by atoms with Gasteiger partial charge < -0.3 is 28.5 Å². The number of amides is 1. The summed E-state index contributed by atoms with van der Waals surface area (Å²) in [5.41, 5.74) is 0. The second kappa shape index (κ2) is 57.2. The summed E-state index contributed by atoms with van der Waals surface area (Å²) in [6.45, 7) is 6.75. The highest BCUT2D eigenvalue weighted by atomic mass is 31.2. The summed E-state index contributed by atoms with van der Waals surface area (Å²) in [7, 11) is 1.19. The van der Waals surface area contributed by atoms with E-state index >= 15 is 0 Å². The summed E-state index contributed by atoms with van der Waals surface area (Å²) in [5.74, 6) is -0.541. The summed E-state index contributed by atoms with van der Waals surface area (Å²) in [5, 5.41) is 3.04. The van der Waals surface area contributed by atoms with Crippen LogP contribution >= 0.6 is 7.82 Å². The molecule has 0 heterocycles. The van der Waals surface area contributed by atoms with Gasteiger partial charge >= 0.3 is 5.97 Å². The SMILES string of the molecule is CC/C=C/C=C/C=C/CCCCCCCCCC(=O)OC(/C=C\CCCCCCCCCCCCC)C(COP(=O)([O-])OCC[N+](C)(C)C)NC(=O)CCCCCCCCCCCCCCCCCCCCCCCCC. The second-order valence-electron chi connectivity index (χ2n) is 23.7. The molecule has 0 bridgehead atoms. The lowest BCUT2D eigenvalue weighted by molar-refractivity contribution is -0.870. The Hall–Kier alpha value is -2.03. The van der Waals surface area contributed by atoms with Crippen LogP contribution in [0.25, 0.3) is 0 Å². The van der Waals surface area contributed by atoms with E-state index < -0.39 is 20.0 Å². The lowest BCUT2D eigenvalue weighted by Gasteiger charge is -2.30. The largest absolute Gasteiger partial charge is 0.756 e. The number of phosphoric ester groups is 1. The smallest absolute Gasteiger partial charge is 0.306 e. The molecule has 3 unspecified atom stereocenters. The lowest BCUT2D eigenvalue weighted by atomic mass is 10.0. The van der Waals surface area contributed by atoms with E-state index in [0.29, 0.717) is 17.4 Å². The molecule has 1 N–H and O–H groups in total. The van der Waals surface area contributed by atoms with Crippen molar-refractivity contribution in [2.45, 2.75) is 328 Å². The average molecular weight is 1100 g/mol. The van der Waals surface area contributed by atoms with Crippen molar-refractivity contribution in [1.29, 1.82) is 0 Å². The summed E-state index contributed by atoms with van der Waals surface area (Å²) < 4.78 is 30.4. The Morgan fingerprint density at radius 1 is 0.468 bits per heavy atom. The molecule has 0 fully saturated rings. The topological polar surface area (TPSA) is 114 Å². The number of carbonyl (C=O) groups excluding carboxylic acids is 2. The molecule has 1 amide bonds. The number of esters is 1. The van der Waals surface area contributed by atoms with E-state index in [9.17, 15) is 19.0 Å². The molecular formula is C67H127N2O7P. The van der Waals surface area contributed by atoms with Gasteiger partial charge in [0, 0.05) is 12.8 Å². The van der Waals surface area contributed by atoms with Gasteiger partial charge in [0.25, 0.3) is 7.82 Å². The third kappa shape index (κ3) is 58.4. The molecule has 10 heteroatoms. The minimum atomic E-state index is -4.70. The van der Waals surface area contributed by atoms with E-state index in [1.54, 1.807) is 0 Å². The molecule has 0 aliphatic heterocycles. The third-order valence-electron chi connectivity index (χ3n) is 14.8. The Balaban J connectivity index is 5.13. The molecule has 452 valence electrons. The highest BCUT2D eigenvalue weighted by Gasteiger charge is 2.27. The van der Waals surface area contributed by atoms with Gasteiger partial charge in [-0.05, 0) is 51.0 Å². The molecular weight excluding hydrogens is 976 g/mol. The summed E-state index contributed by atoms with van der Waals surface area (Å²) in [4.78, 5) is 40.1. The van der Waals surface area contributed by atoms with Gasteiger partial charge in [0.1, 0.15) is 19.3 Å².